The molecule has 4 nitrogen and oxygen atoms in total. The topological polar surface area (TPSA) is 44.2 Å². The Kier molecular flexibility index (Phi) is 5.02. The molecule has 0 aromatic carbocycles. The minimum atomic E-state index is 0.273. The molecule has 0 atom stereocenters. The van der Waals surface area contributed by atoms with Gasteiger partial charge in [0, 0.05) is 0 Å². The zero-order valence-corrected chi connectivity index (χ0v) is 11.6. The average molecular weight is 260 g/mol. The number of nitrogens with zero attached hydrogens (tertiary/aromatic N) is 2. The normalized spacial score (nSPS) is 22.2. The second kappa shape index (κ2) is 6.98. The Labute approximate surface area is 114 Å². The standard InChI is InChI=1S/C15H20N2O2/c1-3-4-9-18-14-10-15(17-11-16-14)19-13-7-5-12(2)6-8-13/h10-13H,5-9H2,1-2H3. The van der Waals surface area contributed by atoms with Gasteiger partial charge in [-0.25, -0.2) is 9.97 Å². The SMILES string of the molecule is CC#CCOc1cc(OC2CCC(C)CC2)ncn1. The van der Waals surface area contributed by atoms with E-state index in [0.717, 1.165) is 18.8 Å². The predicted molar refractivity (Wildman–Crippen MR) is 73.0 cm³/mol. The van der Waals surface area contributed by atoms with Crippen molar-refractivity contribution in [3.8, 4) is 23.6 Å². The van der Waals surface area contributed by atoms with Gasteiger partial charge in [-0.15, -0.1) is 5.92 Å². The van der Waals surface area contributed by atoms with Gasteiger partial charge in [0.05, 0.1) is 6.07 Å². The number of hydrogen-bond acceptors (Lipinski definition) is 4. The summed E-state index contributed by atoms with van der Waals surface area (Å²) in [4.78, 5) is 8.17. The first kappa shape index (κ1) is 13.7. The summed E-state index contributed by atoms with van der Waals surface area (Å²) in [6, 6.07) is 1.73. The minimum absolute atomic E-state index is 0.273. The van der Waals surface area contributed by atoms with Crippen LogP contribution in [0.25, 0.3) is 0 Å². The Morgan fingerprint density at radius 3 is 2.68 bits per heavy atom. The fourth-order valence-electron chi connectivity index (χ4n) is 2.17. The van der Waals surface area contributed by atoms with E-state index in [9.17, 15) is 0 Å². The third kappa shape index (κ3) is 4.44. The van der Waals surface area contributed by atoms with Gasteiger partial charge < -0.3 is 9.47 Å². The fourth-order valence-corrected chi connectivity index (χ4v) is 2.17. The quantitative estimate of drug-likeness (QED) is 0.781. The average Bonchev–Trinajstić information content (AvgIpc) is 2.42. The zero-order valence-electron chi connectivity index (χ0n) is 11.6. The van der Waals surface area contributed by atoms with E-state index in [0.29, 0.717) is 18.4 Å². The van der Waals surface area contributed by atoms with Crippen molar-refractivity contribution in [1.29, 1.82) is 0 Å². The van der Waals surface area contributed by atoms with Gasteiger partial charge in [-0.05, 0) is 38.5 Å². The van der Waals surface area contributed by atoms with Gasteiger partial charge in [0.2, 0.25) is 11.8 Å². The van der Waals surface area contributed by atoms with E-state index in [1.54, 1.807) is 13.0 Å². The third-order valence-corrected chi connectivity index (χ3v) is 3.34. The van der Waals surface area contributed by atoms with Crippen LogP contribution in [0.4, 0.5) is 0 Å². The maximum absolute atomic E-state index is 5.88. The molecule has 1 aromatic rings. The molecule has 0 saturated heterocycles. The third-order valence-electron chi connectivity index (χ3n) is 3.34. The number of hydrogen-bond donors (Lipinski definition) is 0. The first-order chi connectivity index (χ1) is 9.28. The molecular formula is C15H20N2O2. The number of ether oxygens (including phenoxy) is 2. The summed E-state index contributed by atoms with van der Waals surface area (Å²) in [5.41, 5.74) is 0. The molecule has 0 N–H and O–H groups in total. The summed E-state index contributed by atoms with van der Waals surface area (Å²) >= 11 is 0. The molecule has 102 valence electrons. The van der Waals surface area contributed by atoms with Gasteiger partial charge in [-0.2, -0.15) is 0 Å². The van der Waals surface area contributed by atoms with E-state index in [4.69, 9.17) is 9.47 Å². The van der Waals surface area contributed by atoms with Crippen LogP contribution in [0.3, 0.4) is 0 Å². The van der Waals surface area contributed by atoms with Crippen LogP contribution in [0.5, 0.6) is 11.8 Å². The van der Waals surface area contributed by atoms with Crippen LogP contribution in [0.1, 0.15) is 39.5 Å². The summed E-state index contributed by atoms with van der Waals surface area (Å²) in [6.07, 6.45) is 6.39. The first-order valence-corrected chi connectivity index (χ1v) is 6.79. The lowest BCUT2D eigenvalue weighted by Crippen LogP contribution is -2.23. The second-order valence-corrected chi connectivity index (χ2v) is 4.91. The van der Waals surface area contributed by atoms with Gasteiger partial charge >= 0.3 is 0 Å². The van der Waals surface area contributed by atoms with E-state index in [2.05, 4.69) is 28.7 Å². The molecule has 0 unspecified atom stereocenters. The highest BCUT2D eigenvalue weighted by atomic mass is 16.5. The van der Waals surface area contributed by atoms with Crippen molar-refractivity contribution in [2.45, 2.75) is 45.6 Å². The lowest BCUT2D eigenvalue weighted by Gasteiger charge is -2.26. The molecule has 1 heterocycles. The molecule has 0 aliphatic heterocycles. The molecule has 1 aliphatic carbocycles. The van der Waals surface area contributed by atoms with Gasteiger partial charge in [-0.1, -0.05) is 12.8 Å². The van der Waals surface area contributed by atoms with Crippen LogP contribution in [-0.2, 0) is 0 Å². The van der Waals surface area contributed by atoms with E-state index < -0.39 is 0 Å². The van der Waals surface area contributed by atoms with E-state index in [1.165, 1.54) is 19.2 Å². The van der Waals surface area contributed by atoms with Crippen molar-refractivity contribution < 1.29 is 9.47 Å². The van der Waals surface area contributed by atoms with Crippen LogP contribution in [0, 0.1) is 17.8 Å². The first-order valence-electron chi connectivity index (χ1n) is 6.79. The lowest BCUT2D eigenvalue weighted by atomic mass is 9.89. The van der Waals surface area contributed by atoms with Crippen molar-refractivity contribution in [3.63, 3.8) is 0 Å². The highest BCUT2D eigenvalue weighted by Crippen LogP contribution is 2.27. The highest BCUT2D eigenvalue weighted by molar-refractivity contribution is 5.19. The summed E-state index contributed by atoms with van der Waals surface area (Å²) < 4.78 is 11.3. The van der Waals surface area contributed by atoms with Gasteiger partial charge in [0.25, 0.3) is 0 Å². The molecule has 19 heavy (non-hydrogen) atoms. The van der Waals surface area contributed by atoms with Gasteiger partial charge in [-0.3, -0.25) is 0 Å². The van der Waals surface area contributed by atoms with Crippen molar-refractivity contribution in [1.82, 2.24) is 9.97 Å². The van der Waals surface area contributed by atoms with Crippen molar-refractivity contribution in [3.05, 3.63) is 12.4 Å². The lowest BCUT2D eigenvalue weighted by molar-refractivity contribution is 0.129. The Balaban J connectivity index is 1.89. The molecule has 4 heteroatoms. The Bertz CT molecular complexity index is 457. The molecule has 1 aromatic heterocycles. The maximum Gasteiger partial charge on any atom is 0.221 e. The number of aromatic nitrogens is 2. The van der Waals surface area contributed by atoms with Crippen LogP contribution in [-0.4, -0.2) is 22.7 Å². The van der Waals surface area contributed by atoms with Gasteiger partial charge in [0.1, 0.15) is 12.4 Å². The summed E-state index contributed by atoms with van der Waals surface area (Å²) in [7, 11) is 0. The van der Waals surface area contributed by atoms with Crippen LogP contribution < -0.4 is 9.47 Å². The summed E-state index contributed by atoms with van der Waals surface area (Å²) in [5, 5.41) is 0. The monoisotopic (exact) mass is 260 g/mol. The molecule has 0 radical (unpaired) electrons. The molecule has 1 aliphatic rings. The molecular weight excluding hydrogens is 240 g/mol. The van der Waals surface area contributed by atoms with Crippen LogP contribution in [0.2, 0.25) is 0 Å². The van der Waals surface area contributed by atoms with Crippen molar-refractivity contribution in [2.75, 3.05) is 6.61 Å². The van der Waals surface area contributed by atoms with Crippen LogP contribution in [0.15, 0.2) is 12.4 Å². The zero-order chi connectivity index (χ0) is 13.5. The van der Waals surface area contributed by atoms with E-state index >= 15 is 0 Å². The minimum Gasteiger partial charge on any atom is -0.474 e. The maximum atomic E-state index is 5.88. The molecule has 1 fully saturated rings. The molecule has 2 rings (SSSR count). The Hall–Kier alpha value is -1.76. The summed E-state index contributed by atoms with van der Waals surface area (Å²) in [5.74, 6) is 7.52. The molecule has 1 saturated carbocycles. The molecule has 0 spiro atoms. The second-order valence-electron chi connectivity index (χ2n) is 4.91. The smallest absolute Gasteiger partial charge is 0.221 e. The largest absolute Gasteiger partial charge is 0.474 e. The Morgan fingerprint density at radius 1 is 1.21 bits per heavy atom. The van der Waals surface area contributed by atoms with Crippen molar-refractivity contribution >= 4 is 0 Å². The van der Waals surface area contributed by atoms with E-state index in [-0.39, 0.29) is 6.10 Å². The Morgan fingerprint density at radius 2 is 1.95 bits per heavy atom. The number of rotatable bonds is 4. The van der Waals surface area contributed by atoms with Crippen molar-refractivity contribution in [2.24, 2.45) is 5.92 Å². The highest BCUT2D eigenvalue weighted by Gasteiger charge is 2.20. The summed E-state index contributed by atoms with van der Waals surface area (Å²) in [6.45, 7) is 4.41. The predicted octanol–water partition coefficient (Wildman–Crippen LogP) is 2.84. The fraction of sp³-hybridized carbons (Fsp3) is 0.600. The molecule has 0 amide bonds. The van der Waals surface area contributed by atoms with E-state index in [1.807, 2.05) is 0 Å². The van der Waals surface area contributed by atoms with Gasteiger partial charge in [0.15, 0.2) is 6.61 Å². The molecule has 0 bridgehead atoms. The van der Waals surface area contributed by atoms with Crippen LogP contribution >= 0.6 is 0 Å².